The predicted molar refractivity (Wildman–Crippen MR) is 92.9 cm³/mol. The summed E-state index contributed by atoms with van der Waals surface area (Å²) < 4.78 is 21.8. The number of anilines is 1. The Labute approximate surface area is 145 Å². The molecule has 2 N–H and O–H groups in total. The van der Waals surface area contributed by atoms with Crippen LogP contribution in [0.2, 0.25) is 0 Å². The van der Waals surface area contributed by atoms with Crippen LogP contribution in [-0.2, 0) is 0 Å². The molecule has 0 aliphatic carbocycles. The van der Waals surface area contributed by atoms with Gasteiger partial charge in [-0.05, 0) is 24.3 Å². The molecule has 132 valence electrons. The Hall–Kier alpha value is -3.09. The molecule has 25 heavy (non-hydrogen) atoms. The summed E-state index contributed by atoms with van der Waals surface area (Å²) in [6, 6.07) is 12.3. The third-order valence-electron chi connectivity index (χ3n) is 3.70. The first kappa shape index (κ1) is 16.8. The van der Waals surface area contributed by atoms with E-state index in [4.69, 9.17) is 18.9 Å². The molecule has 7 nitrogen and oxygen atoms in total. The number of para-hydroxylation sites is 2. The summed E-state index contributed by atoms with van der Waals surface area (Å²) in [7, 11) is 3.10. The second kappa shape index (κ2) is 7.65. The molecule has 2 amide bonds. The Balaban J connectivity index is 1.52. The Morgan fingerprint density at radius 2 is 1.88 bits per heavy atom. The van der Waals surface area contributed by atoms with Crippen LogP contribution in [0.15, 0.2) is 42.5 Å². The van der Waals surface area contributed by atoms with E-state index in [-0.39, 0.29) is 12.1 Å². The molecule has 1 aliphatic rings. The van der Waals surface area contributed by atoms with Crippen LogP contribution in [0.1, 0.15) is 0 Å². The van der Waals surface area contributed by atoms with Gasteiger partial charge in [0.1, 0.15) is 6.61 Å². The molecule has 1 heterocycles. The summed E-state index contributed by atoms with van der Waals surface area (Å²) in [5.74, 6) is 2.54. The Kier molecular flexibility index (Phi) is 5.13. The molecule has 3 rings (SSSR count). The van der Waals surface area contributed by atoms with Crippen LogP contribution < -0.4 is 29.6 Å². The van der Waals surface area contributed by atoms with Crippen molar-refractivity contribution in [2.24, 2.45) is 0 Å². The summed E-state index contributed by atoms with van der Waals surface area (Å²) in [6.07, 6.45) is -0.244. The van der Waals surface area contributed by atoms with E-state index in [2.05, 4.69) is 10.6 Å². The highest BCUT2D eigenvalue weighted by atomic mass is 16.6. The summed E-state index contributed by atoms with van der Waals surface area (Å²) in [4.78, 5) is 12.1. The van der Waals surface area contributed by atoms with Crippen LogP contribution >= 0.6 is 0 Å². The maximum Gasteiger partial charge on any atom is 0.319 e. The third kappa shape index (κ3) is 4.06. The maximum atomic E-state index is 12.1. The van der Waals surface area contributed by atoms with Gasteiger partial charge in [0.05, 0.1) is 20.8 Å². The number of amides is 2. The predicted octanol–water partition coefficient (Wildman–Crippen LogP) is 2.67. The quantitative estimate of drug-likeness (QED) is 0.872. The molecular formula is C18H20N2O5. The molecular weight excluding hydrogens is 324 g/mol. The molecule has 2 aromatic rings. The van der Waals surface area contributed by atoms with Crippen molar-refractivity contribution in [2.75, 3.05) is 32.7 Å². The van der Waals surface area contributed by atoms with Gasteiger partial charge in [0.15, 0.2) is 29.1 Å². The standard InChI is InChI=1S/C18H20N2O5/c1-22-14-8-7-12(9-17(14)23-2)20-18(21)19-10-13-11-24-15-5-3-4-6-16(15)25-13/h3-9,13H,10-11H2,1-2H3,(H2,19,20,21). The molecule has 0 radical (unpaired) electrons. The van der Waals surface area contributed by atoms with E-state index >= 15 is 0 Å². The smallest absolute Gasteiger partial charge is 0.319 e. The molecule has 0 bridgehead atoms. The van der Waals surface area contributed by atoms with E-state index in [1.165, 1.54) is 0 Å². The number of nitrogens with one attached hydrogen (secondary N) is 2. The molecule has 0 fully saturated rings. The minimum atomic E-state index is -0.338. The second-order valence-corrected chi connectivity index (χ2v) is 5.40. The van der Waals surface area contributed by atoms with Gasteiger partial charge in [-0.15, -0.1) is 0 Å². The number of rotatable bonds is 5. The van der Waals surface area contributed by atoms with Gasteiger partial charge in [-0.25, -0.2) is 4.79 Å². The van der Waals surface area contributed by atoms with Crippen LogP contribution in [0.4, 0.5) is 10.5 Å². The van der Waals surface area contributed by atoms with E-state index in [9.17, 15) is 4.79 Å². The van der Waals surface area contributed by atoms with Crippen molar-refractivity contribution in [3.63, 3.8) is 0 Å². The van der Waals surface area contributed by atoms with Crippen LogP contribution in [0.5, 0.6) is 23.0 Å². The first-order valence-electron chi connectivity index (χ1n) is 7.85. The van der Waals surface area contributed by atoms with Gasteiger partial charge < -0.3 is 29.6 Å². The Morgan fingerprint density at radius 3 is 2.64 bits per heavy atom. The Morgan fingerprint density at radius 1 is 1.12 bits per heavy atom. The second-order valence-electron chi connectivity index (χ2n) is 5.40. The number of ether oxygens (including phenoxy) is 4. The summed E-state index contributed by atoms with van der Waals surface area (Å²) in [6.45, 7) is 0.709. The van der Waals surface area contributed by atoms with Crippen molar-refractivity contribution in [1.29, 1.82) is 0 Å². The largest absolute Gasteiger partial charge is 0.493 e. The minimum Gasteiger partial charge on any atom is -0.493 e. The highest BCUT2D eigenvalue weighted by Crippen LogP contribution is 2.31. The van der Waals surface area contributed by atoms with Crippen LogP contribution in [0.25, 0.3) is 0 Å². The van der Waals surface area contributed by atoms with Crippen molar-refractivity contribution in [3.05, 3.63) is 42.5 Å². The van der Waals surface area contributed by atoms with Crippen molar-refractivity contribution in [3.8, 4) is 23.0 Å². The van der Waals surface area contributed by atoms with E-state index < -0.39 is 0 Å². The van der Waals surface area contributed by atoms with Crippen LogP contribution in [0, 0.1) is 0 Å². The minimum absolute atomic E-state index is 0.244. The SMILES string of the molecule is COc1ccc(NC(=O)NCC2COc3ccccc3O2)cc1OC. The van der Waals surface area contributed by atoms with Gasteiger partial charge in [-0.3, -0.25) is 0 Å². The van der Waals surface area contributed by atoms with E-state index in [1.54, 1.807) is 32.4 Å². The molecule has 0 saturated heterocycles. The zero-order valence-electron chi connectivity index (χ0n) is 14.1. The van der Waals surface area contributed by atoms with Crippen molar-refractivity contribution in [1.82, 2.24) is 5.32 Å². The molecule has 0 aromatic heterocycles. The lowest BCUT2D eigenvalue weighted by molar-refractivity contribution is 0.0922. The van der Waals surface area contributed by atoms with Crippen LogP contribution in [0.3, 0.4) is 0 Å². The van der Waals surface area contributed by atoms with Gasteiger partial charge in [-0.1, -0.05) is 12.1 Å². The highest BCUT2D eigenvalue weighted by molar-refractivity contribution is 5.89. The first-order valence-corrected chi connectivity index (χ1v) is 7.85. The number of methoxy groups -OCH3 is 2. The number of fused-ring (bicyclic) bond motifs is 1. The summed E-state index contributed by atoms with van der Waals surface area (Å²) in [5.41, 5.74) is 0.598. The lowest BCUT2D eigenvalue weighted by atomic mass is 10.2. The van der Waals surface area contributed by atoms with Gasteiger partial charge in [-0.2, -0.15) is 0 Å². The number of hydrogen-bond acceptors (Lipinski definition) is 5. The van der Waals surface area contributed by atoms with Gasteiger partial charge in [0.2, 0.25) is 0 Å². The fourth-order valence-corrected chi connectivity index (χ4v) is 2.46. The molecule has 1 unspecified atom stereocenters. The molecule has 2 aromatic carbocycles. The maximum absolute atomic E-state index is 12.1. The number of carbonyl (C=O) groups excluding carboxylic acids is 1. The number of urea groups is 1. The molecule has 1 atom stereocenters. The number of benzene rings is 2. The number of carbonyl (C=O) groups is 1. The van der Waals surface area contributed by atoms with Crippen molar-refractivity contribution in [2.45, 2.75) is 6.10 Å². The van der Waals surface area contributed by atoms with Crippen LogP contribution in [-0.4, -0.2) is 39.5 Å². The fraction of sp³-hybridized carbons (Fsp3) is 0.278. The first-order chi connectivity index (χ1) is 12.2. The van der Waals surface area contributed by atoms with Crippen molar-refractivity contribution >= 4 is 11.7 Å². The lowest BCUT2D eigenvalue weighted by Gasteiger charge is -2.26. The fourth-order valence-electron chi connectivity index (χ4n) is 2.46. The molecule has 7 heteroatoms. The molecule has 0 spiro atoms. The Bertz CT molecular complexity index is 750. The average molecular weight is 344 g/mol. The van der Waals surface area contributed by atoms with Gasteiger partial charge in [0.25, 0.3) is 0 Å². The average Bonchev–Trinajstić information content (AvgIpc) is 2.66. The topological polar surface area (TPSA) is 78.1 Å². The molecule has 0 saturated carbocycles. The number of hydrogen-bond donors (Lipinski definition) is 2. The highest BCUT2D eigenvalue weighted by Gasteiger charge is 2.21. The lowest BCUT2D eigenvalue weighted by Crippen LogP contribution is -2.42. The van der Waals surface area contributed by atoms with Crippen molar-refractivity contribution < 1.29 is 23.7 Å². The van der Waals surface area contributed by atoms with E-state index in [0.717, 1.165) is 0 Å². The summed E-state index contributed by atoms with van der Waals surface area (Å²) >= 11 is 0. The van der Waals surface area contributed by atoms with Gasteiger partial charge >= 0.3 is 6.03 Å². The summed E-state index contributed by atoms with van der Waals surface area (Å²) in [5, 5.41) is 5.52. The van der Waals surface area contributed by atoms with Gasteiger partial charge in [0, 0.05) is 11.8 Å². The zero-order chi connectivity index (χ0) is 17.6. The van der Waals surface area contributed by atoms with E-state index in [0.29, 0.717) is 41.8 Å². The third-order valence-corrected chi connectivity index (χ3v) is 3.70. The molecule has 1 aliphatic heterocycles. The normalized spacial score (nSPS) is 15.2. The zero-order valence-corrected chi connectivity index (χ0v) is 14.1. The van der Waals surface area contributed by atoms with E-state index in [1.807, 2.05) is 24.3 Å². The monoisotopic (exact) mass is 344 g/mol.